The summed E-state index contributed by atoms with van der Waals surface area (Å²) in [5.74, 6) is 2.62. The fourth-order valence-electron chi connectivity index (χ4n) is 2.60. The van der Waals surface area contributed by atoms with Gasteiger partial charge in [0.05, 0.1) is 0 Å². The number of allylic oxidation sites excluding steroid dienone is 1. The van der Waals surface area contributed by atoms with E-state index >= 15 is 0 Å². The van der Waals surface area contributed by atoms with Gasteiger partial charge in [-0.05, 0) is 43.4 Å². The molecule has 1 saturated carbocycles. The lowest BCUT2D eigenvalue weighted by atomic mass is 9.74. The van der Waals surface area contributed by atoms with Crippen LogP contribution in [0.4, 0.5) is 0 Å². The first kappa shape index (κ1) is 15.7. The van der Waals surface area contributed by atoms with Gasteiger partial charge >= 0.3 is 0 Å². The van der Waals surface area contributed by atoms with Crippen LogP contribution < -0.4 is 0 Å². The molecule has 1 rings (SSSR count). The first-order chi connectivity index (χ1) is 7.65. The average Bonchev–Trinajstić information content (AvgIpc) is 2.30. The molecule has 1 aliphatic carbocycles. The van der Waals surface area contributed by atoms with E-state index < -0.39 is 0 Å². The van der Waals surface area contributed by atoms with Crippen LogP contribution in [0, 0.1) is 17.8 Å². The van der Waals surface area contributed by atoms with Crippen LogP contribution in [0.25, 0.3) is 0 Å². The third kappa shape index (κ3) is 5.18. The molecule has 0 radical (unpaired) electrons. The molecule has 3 atom stereocenters. The summed E-state index contributed by atoms with van der Waals surface area (Å²) in [5, 5.41) is 0. The highest BCUT2D eigenvalue weighted by Gasteiger charge is 2.24. The fraction of sp³-hybridized carbons (Fsp3) is 0.875. The minimum Gasteiger partial charge on any atom is -0.0996 e. The summed E-state index contributed by atoms with van der Waals surface area (Å²) in [7, 11) is 0. The van der Waals surface area contributed by atoms with Gasteiger partial charge in [0, 0.05) is 0 Å². The van der Waals surface area contributed by atoms with E-state index in [0.29, 0.717) is 0 Å². The monoisotopic (exact) mass is 224 g/mol. The quantitative estimate of drug-likeness (QED) is 0.527. The Hall–Kier alpha value is -0.260. The molecule has 0 aromatic carbocycles. The van der Waals surface area contributed by atoms with Crippen molar-refractivity contribution in [2.45, 2.75) is 73.1 Å². The molecular weight excluding hydrogens is 192 g/mol. The topological polar surface area (TPSA) is 0 Å². The molecule has 1 aliphatic rings. The predicted octanol–water partition coefficient (Wildman–Crippen LogP) is 5.83. The highest BCUT2D eigenvalue weighted by molar-refractivity contribution is 5.05. The zero-order valence-corrected chi connectivity index (χ0v) is 12.2. The minimum absolute atomic E-state index is 0.831. The number of rotatable bonds is 4. The highest BCUT2D eigenvalue weighted by atomic mass is 14.3. The Kier molecular flexibility index (Phi) is 8.70. The van der Waals surface area contributed by atoms with Crippen LogP contribution in [-0.2, 0) is 0 Å². The summed E-state index contributed by atoms with van der Waals surface area (Å²) >= 11 is 0. The largest absolute Gasteiger partial charge is 0.0996 e. The van der Waals surface area contributed by atoms with Gasteiger partial charge in [0.2, 0.25) is 0 Å². The molecule has 0 spiro atoms. The van der Waals surface area contributed by atoms with Crippen molar-refractivity contribution >= 4 is 0 Å². The number of hydrogen-bond donors (Lipinski definition) is 0. The predicted molar refractivity (Wildman–Crippen MR) is 75.7 cm³/mol. The SMILES string of the molecule is C=C1CCC[C@@H](C)C1CCC(C)CC.CC. The maximum absolute atomic E-state index is 4.25. The van der Waals surface area contributed by atoms with Crippen molar-refractivity contribution in [1.29, 1.82) is 0 Å². The molecule has 0 aliphatic heterocycles. The van der Waals surface area contributed by atoms with E-state index in [9.17, 15) is 0 Å². The molecular formula is C16H32. The summed E-state index contributed by atoms with van der Waals surface area (Å²) in [6, 6.07) is 0. The first-order valence-corrected chi connectivity index (χ1v) is 7.32. The molecule has 0 aromatic rings. The summed E-state index contributed by atoms with van der Waals surface area (Å²) in [6.07, 6.45) is 8.19. The first-order valence-electron chi connectivity index (χ1n) is 7.32. The van der Waals surface area contributed by atoms with Gasteiger partial charge in [-0.15, -0.1) is 0 Å². The van der Waals surface area contributed by atoms with Gasteiger partial charge < -0.3 is 0 Å². The molecule has 0 heteroatoms. The van der Waals surface area contributed by atoms with E-state index in [4.69, 9.17) is 0 Å². The van der Waals surface area contributed by atoms with Gasteiger partial charge in [-0.2, -0.15) is 0 Å². The van der Waals surface area contributed by atoms with Crippen LogP contribution in [0.2, 0.25) is 0 Å². The maximum Gasteiger partial charge on any atom is -0.0180 e. The molecule has 0 bridgehead atoms. The van der Waals surface area contributed by atoms with Crippen molar-refractivity contribution in [2.24, 2.45) is 17.8 Å². The van der Waals surface area contributed by atoms with Crippen molar-refractivity contribution in [3.63, 3.8) is 0 Å². The van der Waals surface area contributed by atoms with E-state index in [1.54, 1.807) is 0 Å². The molecule has 0 N–H and O–H groups in total. The van der Waals surface area contributed by atoms with Crippen molar-refractivity contribution in [1.82, 2.24) is 0 Å². The smallest absolute Gasteiger partial charge is 0.0180 e. The summed E-state index contributed by atoms with van der Waals surface area (Å²) in [4.78, 5) is 0. The summed E-state index contributed by atoms with van der Waals surface area (Å²) in [5.41, 5.74) is 1.53. The van der Waals surface area contributed by atoms with Gasteiger partial charge in [0.1, 0.15) is 0 Å². The summed E-state index contributed by atoms with van der Waals surface area (Å²) < 4.78 is 0. The van der Waals surface area contributed by atoms with Crippen molar-refractivity contribution < 1.29 is 0 Å². The lowest BCUT2D eigenvalue weighted by Gasteiger charge is -2.31. The summed E-state index contributed by atoms with van der Waals surface area (Å²) in [6.45, 7) is 15.3. The molecule has 0 nitrogen and oxygen atoms in total. The molecule has 0 amide bonds. The maximum atomic E-state index is 4.25. The van der Waals surface area contributed by atoms with Crippen LogP contribution in [0.5, 0.6) is 0 Å². The zero-order chi connectivity index (χ0) is 12.6. The normalized spacial score (nSPS) is 26.9. The van der Waals surface area contributed by atoms with Crippen LogP contribution in [0.15, 0.2) is 12.2 Å². The van der Waals surface area contributed by atoms with Crippen LogP contribution in [0.3, 0.4) is 0 Å². The van der Waals surface area contributed by atoms with E-state index in [0.717, 1.165) is 17.8 Å². The van der Waals surface area contributed by atoms with E-state index in [1.807, 2.05) is 13.8 Å². The zero-order valence-electron chi connectivity index (χ0n) is 12.2. The van der Waals surface area contributed by atoms with E-state index in [1.165, 1.54) is 44.1 Å². The molecule has 0 aromatic heterocycles. The van der Waals surface area contributed by atoms with Crippen molar-refractivity contribution in [2.75, 3.05) is 0 Å². The molecule has 16 heavy (non-hydrogen) atoms. The third-order valence-corrected chi connectivity index (χ3v) is 4.04. The van der Waals surface area contributed by atoms with Gasteiger partial charge in [0.15, 0.2) is 0 Å². The molecule has 0 heterocycles. The lowest BCUT2D eigenvalue weighted by Crippen LogP contribution is -2.19. The molecule has 0 saturated heterocycles. The Bertz CT molecular complexity index is 180. The van der Waals surface area contributed by atoms with Crippen LogP contribution in [0.1, 0.15) is 73.1 Å². The molecule has 96 valence electrons. The fourth-order valence-corrected chi connectivity index (χ4v) is 2.60. The van der Waals surface area contributed by atoms with Crippen molar-refractivity contribution in [3.8, 4) is 0 Å². The second kappa shape index (κ2) is 8.84. The van der Waals surface area contributed by atoms with Gasteiger partial charge in [-0.1, -0.05) is 59.6 Å². The second-order valence-corrected chi connectivity index (χ2v) is 5.23. The standard InChI is InChI=1S/C14H26.C2H6/c1-5-11(2)9-10-14-12(3)7-6-8-13(14)4;1-2/h11,13-14H,3,5-10H2,1-2,4H3;1-2H3/t11?,13-,14?;/m1./s1. The Morgan fingerprint density at radius 1 is 1.38 bits per heavy atom. The average molecular weight is 224 g/mol. The molecule has 2 unspecified atom stereocenters. The van der Waals surface area contributed by atoms with Crippen molar-refractivity contribution in [3.05, 3.63) is 12.2 Å². The Morgan fingerprint density at radius 3 is 2.50 bits per heavy atom. The van der Waals surface area contributed by atoms with Gasteiger partial charge in [-0.25, -0.2) is 0 Å². The Labute approximate surface area is 104 Å². The Morgan fingerprint density at radius 2 is 2.00 bits per heavy atom. The van der Waals surface area contributed by atoms with Gasteiger partial charge in [0.25, 0.3) is 0 Å². The molecule has 1 fully saturated rings. The van der Waals surface area contributed by atoms with E-state index in [-0.39, 0.29) is 0 Å². The lowest BCUT2D eigenvalue weighted by molar-refractivity contribution is 0.291. The van der Waals surface area contributed by atoms with E-state index in [2.05, 4.69) is 27.4 Å². The van der Waals surface area contributed by atoms with Crippen LogP contribution >= 0.6 is 0 Å². The van der Waals surface area contributed by atoms with Crippen LogP contribution in [-0.4, -0.2) is 0 Å². The third-order valence-electron chi connectivity index (χ3n) is 4.04. The van der Waals surface area contributed by atoms with Gasteiger partial charge in [-0.3, -0.25) is 0 Å². The minimum atomic E-state index is 0.831. The second-order valence-electron chi connectivity index (χ2n) is 5.23. The Balaban J connectivity index is 0.00000106. The highest BCUT2D eigenvalue weighted by Crippen LogP contribution is 2.36. The number of hydrogen-bond acceptors (Lipinski definition) is 0.